The molecule has 0 bridgehead atoms. The van der Waals surface area contributed by atoms with Crippen LogP contribution in [0.25, 0.3) is 0 Å². The minimum Gasteiger partial charge on any atom is -0.459 e. The molecule has 0 amide bonds. The first-order valence-corrected chi connectivity index (χ1v) is 7.23. The van der Waals surface area contributed by atoms with Gasteiger partial charge < -0.3 is 14.2 Å². The standard InChI is InChI=1S/C15H24O4/c1-4-8-11-14-12(18-15(2,3)19-14)9-6-5-7-10-13(16)17-11/h6,9,11-12,14H,4-5,7-8,10H2,1-3H3/b9-6-/t11-,12+,14-/m1/s1. The molecule has 0 spiro atoms. The molecule has 1 saturated heterocycles. The van der Waals surface area contributed by atoms with Gasteiger partial charge in [-0.3, -0.25) is 4.79 Å². The second-order valence-corrected chi connectivity index (χ2v) is 5.70. The monoisotopic (exact) mass is 268 g/mol. The molecule has 19 heavy (non-hydrogen) atoms. The molecular formula is C15H24O4. The molecule has 2 aliphatic rings. The summed E-state index contributed by atoms with van der Waals surface area (Å²) in [7, 11) is 0. The van der Waals surface area contributed by atoms with E-state index in [1.807, 2.05) is 13.8 Å². The molecule has 0 aromatic heterocycles. The summed E-state index contributed by atoms with van der Waals surface area (Å²) in [5.74, 6) is -0.743. The fourth-order valence-electron chi connectivity index (χ4n) is 2.65. The van der Waals surface area contributed by atoms with Crippen molar-refractivity contribution in [2.45, 2.75) is 77.0 Å². The summed E-state index contributed by atoms with van der Waals surface area (Å²) in [6.45, 7) is 5.88. The maximum absolute atomic E-state index is 11.8. The Kier molecular flexibility index (Phi) is 4.63. The molecule has 1 fully saturated rings. The third-order valence-corrected chi connectivity index (χ3v) is 3.46. The molecule has 0 N–H and O–H groups in total. The van der Waals surface area contributed by atoms with Crippen LogP contribution >= 0.6 is 0 Å². The highest BCUT2D eigenvalue weighted by Crippen LogP contribution is 2.33. The van der Waals surface area contributed by atoms with E-state index in [0.29, 0.717) is 6.42 Å². The van der Waals surface area contributed by atoms with Gasteiger partial charge in [0.2, 0.25) is 0 Å². The first-order valence-electron chi connectivity index (χ1n) is 7.23. The van der Waals surface area contributed by atoms with E-state index >= 15 is 0 Å². The Hall–Kier alpha value is -0.870. The van der Waals surface area contributed by atoms with Gasteiger partial charge in [0.25, 0.3) is 0 Å². The van der Waals surface area contributed by atoms with Crippen molar-refractivity contribution < 1.29 is 19.0 Å². The highest BCUT2D eigenvalue weighted by atomic mass is 16.8. The maximum Gasteiger partial charge on any atom is 0.306 e. The summed E-state index contributed by atoms with van der Waals surface area (Å²) in [6.07, 6.45) is 7.54. The van der Waals surface area contributed by atoms with Gasteiger partial charge in [0.05, 0.1) is 0 Å². The smallest absolute Gasteiger partial charge is 0.306 e. The number of allylic oxidation sites excluding steroid dienone is 1. The number of carbonyl (C=O) groups excluding carboxylic acids is 1. The topological polar surface area (TPSA) is 44.8 Å². The van der Waals surface area contributed by atoms with Gasteiger partial charge in [0.1, 0.15) is 18.3 Å². The van der Waals surface area contributed by atoms with Crippen LogP contribution in [-0.2, 0) is 19.0 Å². The lowest BCUT2D eigenvalue weighted by molar-refractivity contribution is -0.171. The van der Waals surface area contributed by atoms with Crippen LogP contribution < -0.4 is 0 Å². The van der Waals surface area contributed by atoms with E-state index in [1.165, 1.54) is 0 Å². The maximum atomic E-state index is 11.8. The fourth-order valence-corrected chi connectivity index (χ4v) is 2.65. The lowest BCUT2D eigenvalue weighted by Gasteiger charge is -2.26. The van der Waals surface area contributed by atoms with Gasteiger partial charge in [-0.15, -0.1) is 0 Å². The van der Waals surface area contributed by atoms with Crippen LogP contribution in [0.2, 0.25) is 0 Å². The zero-order chi connectivity index (χ0) is 13.9. The van der Waals surface area contributed by atoms with Crippen LogP contribution in [0, 0.1) is 0 Å². The van der Waals surface area contributed by atoms with Crippen molar-refractivity contribution in [2.75, 3.05) is 0 Å². The predicted octanol–water partition coefficient (Wildman–Crippen LogP) is 2.96. The van der Waals surface area contributed by atoms with E-state index in [0.717, 1.165) is 25.7 Å². The summed E-state index contributed by atoms with van der Waals surface area (Å²) >= 11 is 0. The highest BCUT2D eigenvalue weighted by molar-refractivity contribution is 5.69. The number of esters is 1. The molecular weight excluding hydrogens is 244 g/mol. The van der Waals surface area contributed by atoms with Crippen molar-refractivity contribution in [1.82, 2.24) is 0 Å². The van der Waals surface area contributed by atoms with Gasteiger partial charge in [0.15, 0.2) is 5.79 Å². The second kappa shape index (κ2) is 6.06. The Morgan fingerprint density at radius 1 is 1.37 bits per heavy atom. The quantitative estimate of drug-likeness (QED) is 0.570. The molecule has 2 rings (SSSR count). The summed E-state index contributed by atoms with van der Waals surface area (Å²) in [5, 5.41) is 0. The molecule has 4 heteroatoms. The fraction of sp³-hybridized carbons (Fsp3) is 0.800. The van der Waals surface area contributed by atoms with Crippen molar-refractivity contribution in [1.29, 1.82) is 0 Å². The predicted molar refractivity (Wildman–Crippen MR) is 71.6 cm³/mol. The Morgan fingerprint density at radius 3 is 2.89 bits per heavy atom. The van der Waals surface area contributed by atoms with E-state index in [-0.39, 0.29) is 24.3 Å². The SMILES string of the molecule is CCC[C@H]1OC(=O)CCC/C=C\[C@@H]2OC(C)(C)O[C@@H]21. The van der Waals surface area contributed by atoms with E-state index in [1.54, 1.807) is 0 Å². The zero-order valence-corrected chi connectivity index (χ0v) is 12.1. The largest absolute Gasteiger partial charge is 0.459 e. The molecule has 0 unspecified atom stereocenters. The van der Waals surface area contributed by atoms with Gasteiger partial charge in [-0.25, -0.2) is 0 Å². The second-order valence-electron chi connectivity index (χ2n) is 5.70. The van der Waals surface area contributed by atoms with Crippen LogP contribution in [0.3, 0.4) is 0 Å². The average molecular weight is 268 g/mol. The molecule has 0 aliphatic carbocycles. The number of hydrogen-bond donors (Lipinski definition) is 0. The van der Waals surface area contributed by atoms with Crippen LogP contribution in [-0.4, -0.2) is 30.1 Å². The van der Waals surface area contributed by atoms with Crippen molar-refractivity contribution in [3.05, 3.63) is 12.2 Å². The normalized spacial score (nSPS) is 36.4. The van der Waals surface area contributed by atoms with Gasteiger partial charge in [-0.05, 0) is 33.1 Å². The molecule has 2 heterocycles. The van der Waals surface area contributed by atoms with Gasteiger partial charge >= 0.3 is 5.97 Å². The number of ether oxygens (including phenoxy) is 3. The molecule has 108 valence electrons. The van der Waals surface area contributed by atoms with E-state index in [4.69, 9.17) is 14.2 Å². The lowest BCUT2D eigenvalue weighted by atomic mass is 10.0. The summed E-state index contributed by atoms with van der Waals surface area (Å²) in [6, 6.07) is 0. The van der Waals surface area contributed by atoms with Crippen LogP contribution in [0.1, 0.15) is 52.9 Å². The summed E-state index contributed by atoms with van der Waals surface area (Å²) in [4.78, 5) is 11.8. The molecule has 0 radical (unpaired) electrons. The van der Waals surface area contributed by atoms with Crippen molar-refractivity contribution >= 4 is 5.97 Å². The summed E-state index contributed by atoms with van der Waals surface area (Å²) < 4.78 is 17.4. The Labute approximate surface area is 115 Å². The number of fused-ring (bicyclic) bond motifs is 1. The Bertz CT molecular complexity index is 348. The van der Waals surface area contributed by atoms with Gasteiger partial charge in [0, 0.05) is 6.42 Å². The number of carbonyl (C=O) groups is 1. The third-order valence-electron chi connectivity index (χ3n) is 3.46. The van der Waals surface area contributed by atoms with Crippen molar-refractivity contribution in [3.8, 4) is 0 Å². The van der Waals surface area contributed by atoms with Gasteiger partial charge in [-0.1, -0.05) is 25.5 Å². The molecule has 0 aromatic rings. The molecule has 4 nitrogen and oxygen atoms in total. The van der Waals surface area contributed by atoms with Crippen LogP contribution in [0.15, 0.2) is 12.2 Å². The number of hydrogen-bond acceptors (Lipinski definition) is 4. The molecule has 2 aliphatic heterocycles. The minimum atomic E-state index is -0.619. The van der Waals surface area contributed by atoms with E-state index in [9.17, 15) is 4.79 Å². The third kappa shape index (κ3) is 3.80. The Balaban J connectivity index is 2.19. The average Bonchev–Trinajstić information content (AvgIpc) is 2.63. The van der Waals surface area contributed by atoms with E-state index in [2.05, 4.69) is 19.1 Å². The molecule has 3 atom stereocenters. The first-order chi connectivity index (χ1) is 9.02. The molecule has 0 aromatic carbocycles. The number of rotatable bonds is 2. The van der Waals surface area contributed by atoms with Crippen molar-refractivity contribution in [3.63, 3.8) is 0 Å². The van der Waals surface area contributed by atoms with Crippen molar-refractivity contribution in [2.24, 2.45) is 0 Å². The first kappa shape index (κ1) is 14.5. The summed E-state index contributed by atoms with van der Waals surface area (Å²) in [5.41, 5.74) is 0. The highest BCUT2D eigenvalue weighted by Gasteiger charge is 2.45. The minimum absolute atomic E-state index is 0.124. The van der Waals surface area contributed by atoms with Crippen LogP contribution in [0.5, 0.6) is 0 Å². The Morgan fingerprint density at radius 2 is 2.16 bits per heavy atom. The molecule has 0 saturated carbocycles. The zero-order valence-electron chi connectivity index (χ0n) is 12.1. The lowest BCUT2D eigenvalue weighted by Crippen LogP contribution is -2.38. The van der Waals surface area contributed by atoms with Gasteiger partial charge in [-0.2, -0.15) is 0 Å². The van der Waals surface area contributed by atoms with E-state index < -0.39 is 5.79 Å². The number of cyclic esters (lactones) is 1. The van der Waals surface area contributed by atoms with Crippen LogP contribution in [0.4, 0.5) is 0 Å².